The van der Waals surface area contributed by atoms with Gasteiger partial charge in [-0.2, -0.15) is 0 Å². The van der Waals surface area contributed by atoms with Crippen molar-refractivity contribution in [3.05, 3.63) is 41.1 Å². The highest BCUT2D eigenvalue weighted by molar-refractivity contribution is 6.52. The monoisotopic (exact) mass is 244 g/mol. The second-order valence-electron chi connectivity index (χ2n) is 4.53. The summed E-state index contributed by atoms with van der Waals surface area (Å²) in [5.74, 6) is -0.940. The number of rotatable bonds is 2. The van der Waals surface area contributed by atoms with Crippen LogP contribution >= 0.6 is 0 Å². The summed E-state index contributed by atoms with van der Waals surface area (Å²) in [7, 11) is 1.72. The zero-order chi connectivity index (χ0) is 13.4. The largest absolute Gasteiger partial charge is 0.356 e. The van der Waals surface area contributed by atoms with Crippen LogP contribution in [0.4, 0.5) is 0 Å². The summed E-state index contributed by atoms with van der Waals surface area (Å²) < 4.78 is 0. The lowest BCUT2D eigenvalue weighted by molar-refractivity contribution is -0.113. The van der Waals surface area contributed by atoms with Crippen LogP contribution in [0.25, 0.3) is 5.57 Å². The van der Waals surface area contributed by atoms with Crippen molar-refractivity contribution >= 4 is 17.1 Å². The van der Waals surface area contributed by atoms with E-state index < -0.39 is 11.6 Å². The van der Waals surface area contributed by atoms with Crippen LogP contribution in [0.3, 0.4) is 0 Å². The smallest absolute Gasteiger partial charge is 0.249 e. The van der Waals surface area contributed by atoms with Gasteiger partial charge in [-0.05, 0) is 25.0 Å². The summed E-state index contributed by atoms with van der Waals surface area (Å²) in [5, 5.41) is 0. The number of hydrogen-bond donors (Lipinski definition) is 1. The number of likely N-dealkylation sites (N-methyl/N-ethyl adjacent to an activating group) is 1. The first-order chi connectivity index (χ1) is 8.45. The highest BCUT2D eigenvalue weighted by atomic mass is 16.2. The fraction of sp³-hybridized carbons (Fsp3) is 0.286. The Morgan fingerprint density at radius 2 is 1.67 bits per heavy atom. The van der Waals surface area contributed by atoms with Crippen LogP contribution in [0.15, 0.2) is 30.0 Å². The Bertz CT molecular complexity index is 559. The molecule has 4 nitrogen and oxygen atoms in total. The molecule has 0 saturated heterocycles. The maximum atomic E-state index is 12.1. The average molecular weight is 244 g/mol. The van der Waals surface area contributed by atoms with Crippen molar-refractivity contribution in [3.8, 4) is 0 Å². The van der Waals surface area contributed by atoms with E-state index in [1.165, 1.54) is 0 Å². The number of fused-ring (bicyclic) bond motifs is 1. The summed E-state index contributed by atoms with van der Waals surface area (Å²) in [5.41, 5.74) is 8.27. The highest BCUT2D eigenvalue weighted by Gasteiger charge is 2.33. The number of benzene rings is 1. The molecule has 1 atom stereocenters. The number of Topliss-reactive ketones (excluding diaryl/α,β-unsaturated/α-hetero) is 2. The van der Waals surface area contributed by atoms with Gasteiger partial charge < -0.3 is 10.6 Å². The lowest BCUT2D eigenvalue weighted by Crippen LogP contribution is -2.41. The lowest BCUT2D eigenvalue weighted by Gasteiger charge is -2.30. The number of carbonyl (C=O) groups is 2. The van der Waals surface area contributed by atoms with E-state index in [0.29, 0.717) is 11.3 Å². The molecule has 0 aromatic heterocycles. The quantitative estimate of drug-likeness (QED) is 0.631. The van der Waals surface area contributed by atoms with Crippen molar-refractivity contribution in [1.82, 2.24) is 4.90 Å². The molecule has 1 aromatic rings. The van der Waals surface area contributed by atoms with E-state index >= 15 is 0 Å². The normalized spacial score (nSPS) is 16.7. The Labute approximate surface area is 106 Å². The molecule has 1 aliphatic rings. The molecule has 94 valence electrons. The van der Waals surface area contributed by atoms with Crippen molar-refractivity contribution in [2.24, 2.45) is 5.73 Å². The molecule has 0 spiro atoms. The van der Waals surface area contributed by atoms with E-state index in [2.05, 4.69) is 0 Å². The maximum absolute atomic E-state index is 12.1. The van der Waals surface area contributed by atoms with Gasteiger partial charge >= 0.3 is 0 Å². The molecule has 0 heterocycles. The van der Waals surface area contributed by atoms with Gasteiger partial charge in [0.05, 0.1) is 11.9 Å². The van der Waals surface area contributed by atoms with Crippen molar-refractivity contribution in [3.63, 3.8) is 0 Å². The number of nitrogens with zero attached hydrogens (tertiary/aromatic N) is 1. The summed E-state index contributed by atoms with van der Waals surface area (Å²) in [4.78, 5) is 25.8. The predicted molar refractivity (Wildman–Crippen MR) is 69.8 cm³/mol. The lowest BCUT2D eigenvalue weighted by atomic mass is 9.87. The van der Waals surface area contributed by atoms with E-state index in [0.717, 1.165) is 11.1 Å². The fourth-order valence-corrected chi connectivity index (χ4v) is 2.16. The first-order valence-electron chi connectivity index (χ1n) is 5.83. The minimum Gasteiger partial charge on any atom is -0.356 e. The van der Waals surface area contributed by atoms with Crippen LogP contribution < -0.4 is 5.73 Å². The molecule has 1 unspecified atom stereocenters. The Hall–Kier alpha value is -1.94. The fourth-order valence-electron chi connectivity index (χ4n) is 2.16. The van der Waals surface area contributed by atoms with E-state index in [4.69, 9.17) is 5.73 Å². The molecule has 18 heavy (non-hydrogen) atoms. The maximum Gasteiger partial charge on any atom is 0.249 e. The molecule has 0 fully saturated rings. The first kappa shape index (κ1) is 12.5. The molecule has 0 saturated carbocycles. The van der Waals surface area contributed by atoms with Gasteiger partial charge in [0.2, 0.25) is 11.6 Å². The van der Waals surface area contributed by atoms with E-state index in [-0.39, 0.29) is 6.17 Å². The third kappa shape index (κ3) is 1.75. The number of allylic oxidation sites excluding steroid dienone is 2. The summed E-state index contributed by atoms with van der Waals surface area (Å²) in [6.45, 7) is 3.62. The zero-order valence-electron chi connectivity index (χ0n) is 10.7. The second-order valence-corrected chi connectivity index (χ2v) is 4.53. The van der Waals surface area contributed by atoms with E-state index in [1.54, 1.807) is 31.0 Å². The average Bonchev–Trinajstić information content (AvgIpc) is 2.36. The molecule has 2 N–H and O–H groups in total. The zero-order valence-corrected chi connectivity index (χ0v) is 10.7. The summed E-state index contributed by atoms with van der Waals surface area (Å²) in [6.07, 6.45) is -0.322. The third-order valence-electron chi connectivity index (χ3n) is 3.32. The molecule has 0 bridgehead atoms. The van der Waals surface area contributed by atoms with Crippen LogP contribution in [-0.2, 0) is 4.79 Å². The van der Waals surface area contributed by atoms with Crippen LogP contribution in [0.5, 0.6) is 0 Å². The van der Waals surface area contributed by atoms with Crippen LogP contribution in [0.2, 0.25) is 0 Å². The molecule has 0 radical (unpaired) electrons. The number of nitrogens with two attached hydrogens (primary N) is 1. The molecular weight excluding hydrogens is 228 g/mol. The third-order valence-corrected chi connectivity index (χ3v) is 3.32. The number of ketones is 2. The first-order valence-corrected chi connectivity index (χ1v) is 5.83. The van der Waals surface area contributed by atoms with Gasteiger partial charge in [-0.1, -0.05) is 24.3 Å². The molecular formula is C14H16N2O2. The van der Waals surface area contributed by atoms with Gasteiger partial charge in [-0.25, -0.2) is 0 Å². The molecule has 0 amide bonds. The van der Waals surface area contributed by atoms with Crippen molar-refractivity contribution in [2.45, 2.75) is 20.0 Å². The van der Waals surface area contributed by atoms with E-state index in [1.807, 2.05) is 19.1 Å². The number of carbonyl (C=O) groups excluding carboxylic acids is 2. The van der Waals surface area contributed by atoms with Gasteiger partial charge in [-0.15, -0.1) is 0 Å². The highest BCUT2D eigenvalue weighted by Crippen LogP contribution is 2.30. The number of hydrogen-bond acceptors (Lipinski definition) is 4. The van der Waals surface area contributed by atoms with Gasteiger partial charge in [0.15, 0.2) is 0 Å². The van der Waals surface area contributed by atoms with Crippen molar-refractivity contribution in [2.75, 3.05) is 7.05 Å². The van der Waals surface area contributed by atoms with Crippen LogP contribution in [0.1, 0.15) is 29.8 Å². The van der Waals surface area contributed by atoms with Crippen molar-refractivity contribution in [1.29, 1.82) is 0 Å². The van der Waals surface area contributed by atoms with Crippen LogP contribution in [-0.4, -0.2) is 29.7 Å². The minimum absolute atomic E-state index is 0.322. The predicted octanol–water partition coefficient (Wildman–Crippen LogP) is 1.42. The Morgan fingerprint density at radius 1 is 1.11 bits per heavy atom. The van der Waals surface area contributed by atoms with Crippen LogP contribution in [0, 0.1) is 0 Å². The van der Waals surface area contributed by atoms with Gasteiger partial charge in [0.1, 0.15) is 0 Å². The Morgan fingerprint density at radius 3 is 2.22 bits per heavy atom. The topological polar surface area (TPSA) is 63.4 Å². The summed E-state index contributed by atoms with van der Waals surface area (Å²) in [6, 6.07) is 7.15. The standard InChI is InChI=1S/C14H16N2O2/c1-8-10-6-4-5-7-11(10)13(17)14(18)12(8)16(3)9(2)15/h4-7,9H,15H2,1-3H3. The van der Waals surface area contributed by atoms with Gasteiger partial charge in [0, 0.05) is 12.6 Å². The minimum atomic E-state index is -0.481. The van der Waals surface area contributed by atoms with Gasteiger partial charge in [0.25, 0.3) is 0 Å². The summed E-state index contributed by atoms with van der Waals surface area (Å²) >= 11 is 0. The van der Waals surface area contributed by atoms with E-state index in [9.17, 15) is 9.59 Å². The second kappa shape index (κ2) is 4.38. The Balaban J connectivity index is 2.66. The molecule has 4 heteroatoms. The molecule has 0 aliphatic heterocycles. The molecule has 2 rings (SSSR count). The Kier molecular flexibility index (Phi) is 3.05. The molecule has 1 aromatic carbocycles. The SMILES string of the molecule is CC1=C(N(C)C(C)N)C(=O)C(=O)c2ccccc21. The van der Waals surface area contributed by atoms with Gasteiger partial charge in [-0.3, -0.25) is 9.59 Å². The molecule has 1 aliphatic carbocycles. The van der Waals surface area contributed by atoms with Crippen molar-refractivity contribution < 1.29 is 9.59 Å².